The van der Waals surface area contributed by atoms with Gasteiger partial charge >= 0.3 is 4.87 Å². The second-order valence-corrected chi connectivity index (χ2v) is 7.42. The van der Waals surface area contributed by atoms with Crippen LogP contribution in [-0.2, 0) is 10.0 Å². The lowest BCUT2D eigenvalue weighted by Crippen LogP contribution is -2.12. The molecule has 0 aliphatic heterocycles. The van der Waals surface area contributed by atoms with E-state index in [9.17, 15) is 13.2 Å². The van der Waals surface area contributed by atoms with Crippen molar-refractivity contribution in [1.29, 1.82) is 0 Å². The summed E-state index contributed by atoms with van der Waals surface area (Å²) >= 11 is 12.2. The van der Waals surface area contributed by atoms with Gasteiger partial charge in [0, 0.05) is 15.7 Å². The number of anilines is 1. The summed E-state index contributed by atoms with van der Waals surface area (Å²) in [6.45, 7) is 1.51. The fourth-order valence-electron chi connectivity index (χ4n) is 1.46. The summed E-state index contributed by atoms with van der Waals surface area (Å²) in [4.78, 5) is 13.1. The summed E-state index contributed by atoms with van der Waals surface area (Å²) < 4.78 is 26.5. The van der Waals surface area contributed by atoms with Crippen molar-refractivity contribution in [2.75, 3.05) is 4.72 Å². The van der Waals surface area contributed by atoms with E-state index in [0.29, 0.717) is 21.4 Å². The lowest BCUT2D eigenvalue weighted by molar-refractivity contribution is 0.602. The summed E-state index contributed by atoms with van der Waals surface area (Å²) in [5.74, 6) is 0. The Bertz CT molecular complexity index is 760. The Hall–Kier alpha value is -1.02. The van der Waals surface area contributed by atoms with Crippen LogP contribution >= 0.6 is 34.5 Å². The molecule has 102 valence electrons. The number of hydrogen-bond donors (Lipinski definition) is 2. The minimum atomic E-state index is -3.84. The predicted octanol–water partition coefficient (Wildman–Crippen LogP) is 2.85. The first kappa shape index (κ1) is 14.4. The molecule has 2 rings (SSSR count). The summed E-state index contributed by atoms with van der Waals surface area (Å²) in [6.07, 6.45) is 0. The predicted molar refractivity (Wildman–Crippen MR) is 76.9 cm³/mol. The number of thiazole rings is 1. The molecule has 1 heterocycles. The molecular weight excluding hydrogens is 331 g/mol. The van der Waals surface area contributed by atoms with E-state index < -0.39 is 14.9 Å². The van der Waals surface area contributed by atoms with Gasteiger partial charge in [0.1, 0.15) is 0 Å². The van der Waals surface area contributed by atoms with Gasteiger partial charge in [0.15, 0.2) is 4.21 Å². The fourth-order valence-corrected chi connectivity index (χ4v) is 4.33. The van der Waals surface area contributed by atoms with Crippen molar-refractivity contribution in [1.82, 2.24) is 4.98 Å². The second kappa shape index (κ2) is 5.16. The standard InChI is InChI=1S/C10H8Cl2N2O3S2/c1-5-9(18-10(15)13-5)19(16,17)14-8-3-6(11)2-7(12)4-8/h2-4,14H,1H3,(H,13,15). The van der Waals surface area contributed by atoms with E-state index in [0.717, 1.165) is 0 Å². The molecule has 0 fully saturated rings. The molecule has 0 spiro atoms. The first-order chi connectivity index (χ1) is 8.78. The van der Waals surface area contributed by atoms with Crippen LogP contribution < -0.4 is 9.60 Å². The van der Waals surface area contributed by atoms with Crippen molar-refractivity contribution in [3.63, 3.8) is 0 Å². The van der Waals surface area contributed by atoms with E-state index in [-0.39, 0.29) is 15.6 Å². The number of halogens is 2. The van der Waals surface area contributed by atoms with E-state index in [4.69, 9.17) is 23.2 Å². The SMILES string of the molecule is Cc1[nH]c(=O)sc1S(=O)(=O)Nc1cc(Cl)cc(Cl)c1. The number of sulfonamides is 1. The van der Waals surface area contributed by atoms with Gasteiger partial charge in [-0.15, -0.1) is 0 Å². The van der Waals surface area contributed by atoms with Crippen molar-refractivity contribution < 1.29 is 8.42 Å². The number of aromatic nitrogens is 1. The molecule has 0 saturated carbocycles. The Morgan fingerprint density at radius 1 is 1.21 bits per heavy atom. The minimum absolute atomic E-state index is 0.0615. The van der Waals surface area contributed by atoms with Gasteiger partial charge in [0.2, 0.25) is 0 Å². The minimum Gasteiger partial charge on any atom is -0.315 e. The van der Waals surface area contributed by atoms with Crippen LogP contribution in [0, 0.1) is 6.92 Å². The Morgan fingerprint density at radius 2 is 1.79 bits per heavy atom. The molecule has 0 bridgehead atoms. The average Bonchev–Trinajstić information content (AvgIpc) is 2.56. The normalized spacial score (nSPS) is 11.5. The molecule has 0 aliphatic rings. The zero-order chi connectivity index (χ0) is 14.2. The van der Waals surface area contributed by atoms with Crippen LogP contribution in [0.4, 0.5) is 5.69 Å². The van der Waals surface area contributed by atoms with E-state index in [1.165, 1.54) is 25.1 Å². The van der Waals surface area contributed by atoms with Gasteiger partial charge in [-0.3, -0.25) is 9.52 Å². The van der Waals surface area contributed by atoms with Gasteiger partial charge in [0.05, 0.1) is 5.69 Å². The maximum absolute atomic E-state index is 12.1. The first-order valence-corrected chi connectivity index (χ1v) is 8.02. The Balaban J connectivity index is 2.42. The van der Waals surface area contributed by atoms with E-state index in [2.05, 4.69) is 9.71 Å². The highest BCUT2D eigenvalue weighted by Crippen LogP contribution is 2.25. The summed E-state index contributed by atoms with van der Waals surface area (Å²) in [6, 6.07) is 4.34. The van der Waals surface area contributed by atoms with Crippen LogP contribution in [-0.4, -0.2) is 13.4 Å². The Kier molecular flexibility index (Phi) is 3.91. The highest BCUT2D eigenvalue weighted by molar-refractivity contribution is 7.94. The van der Waals surface area contributed by atoms with Crippen LogP contribution in [0.1, 0.15) is 5.69 Å². The molecule has 0 radical (unpaired) electrons. The summed E-state index contributed by atoms with van der Waals surface area (Å²) in [7, 11) is -3.84. The molecule has 9 heteroatoms. The fraction of sp³-hybridized carbons (Fsp3) is 0.100. The van der Waals surface area contributed by atoms with E-state index in [1.54, 1.807) is 0 Å². The van der Waals surface area contributed by atoms with Crippen LogP contribution in [0.3, 0.4) is 0 Å². The number of benzene rings is 1. The quantitative estimate of drug-likeness (QED) is 0.902. The monoisotopic (exact) mass is 338 g/mol. The smallest absolute Gasteiger partial charge is 0.306 e. The molecule has 19 heavy (non-hydrogen) atoms. The van der Waals surface area contributed by atoms with Gasteiger partial charge < -0.3 is 4.98 Å². The molecule has 0 aliphatic carbocycles. The molecule has 0 saturated heterocycles. The maximum Gasteiger partial charge on any atom is 0.306 e. The van der Waals surface area contributed by atoms with Crippen LogP contribution in [0.5, 0.6) is 0 Å². The van der Waals surface area contributed by atoms with Crippen molar-refractivity contribution in [3.05, 3.63) is 43.6 Å². The Morgan fingerprint density at radius 3 is 2.26 bits per heavy atom. The molecular formula is C10H8Cl2N2O3S2. The Labute approximate surface area is 123 Å². The van der Waals surface area contributed by atoms with Crippen LogP contribution in [0.2, 0.25) is 10.0 Å². The average molecular weight is 339 g/mol. The molecule has 5 nitrogen and oxygen atoms in total. The van der Waals surface area contributed by atoms with Gasteiger partial charge in [-0.2, -0.15) is 0 Å². The highest BCUT2D eigenvalue weighted by atomic mass is 35.5. The molecule has 0 amide bonds. The number of aromatic amines is 1. The zero-order valence-corrected chi connectivity index (χ0v) is 12.7. The number of nitrogens with one attached hydrogen (secondary N) is 2. The highest BCUT2D eigenvalue weighted by Gasteiger charge is 2.20. The van der Waals surface area contributed by atoms with E-state index >= 15 is 0 Å². The molecule has 2 N–H and O–H groups in total. The third-order valence-corrected chi connectivity index (χ3v) is 5.56. The van der Waals surface area contributed by atoms with E-state index in [1.807, 2.05) is 0 Å². The van der Waals surface area contributed by atoms with Gasteiger partial charge in [-0.25, -0.2) is 8.42 Å². The van der Waals surface area contributed by atoms with Gasteiger partial charge in [0.25, 0.3) is 10.0 Å². The molecule has 0 atom stereocenters. The lowest BCUT2D eigenvalue weighted by atomic mass is 10.3. The van der Waals surface area contributed by atoms with Gasteiger partial charge in [-0.1, -0.05) is 34.5 Å². The zero-order valence-electron chi connectivity index (χ0n) is 9.53. The van der Waals surface area contributed by atoms with Crippen molar-refractivity contribution in [2.24, 2.45) is 0 Å². The molecule has 0 unspecified atom stereocenters. The van der Waals surface area contributed by atoms with Gasteiger partial charge in [-0.05, 0) is 25.1 Å². The molecule has 1 aromatic heterocycles. The van der Waals surface area contributed by atoms with Crippen LogP contribution in [0.15, 0.2) is 27.2 Å². The molecule has 1 aromatic carbocycles. The van der Waals surface area contributed by atoms with Crippen molar-refractivity contribution >= 4 is 50.2 Å². The number of rotatable bonds is 3. The second-order valence-electron chi connectivity index (χ2n) is 3.69. The first-order valence-electron chi connectivity index (χ1n) is 4.96. The number of H-pyrrole nitrogens is 1. The van der Waals surface area contributed by atoms with Crippen molar-refractivity contribution in [2.45, 2.75) is 11.1 Å². The van der Waals surface area contributed by atoms with Crippen LogP contribution in [0.25, 0.3) is 0 Å². The summed E-state index contributed by atoms with van der Waals surface area (Å²) in [5, 5.41) is 0.619. The third kappa shape index (κ3) is 3.30. The maximum atomic E-state index is 12.1. The lowest BCUT2D eigenvalue weighted by Gasteiger charge is -2.07. The van der Waals surface area contributed by atoms with Crippen molar-refractivity contribution in [3.8, 4) is 0 Å². The summed E-state index contributed by atoms with van der Waals surface area (Å²) in [5.41, 5.74) is 0.522. The molecule has 2 aromatic rings. The number of aryl methyl sites for hydroxylation is 1. The topological polar surface area (TPSA) is 79.0 Å². The largest absolute Gasteiger partial charge is 0.315 e. The third-order valence-electron chi connectivity index (χ3n) is 2.14. The number of hydrogen-bond acceptors (Lipinski definition) is 4.